The average molecular weight is 240 g/mol. The first kappa shape index (κ1) is 13.0. The Morgan fingerprint density at radius 1 is 1.41 bits per heavy atom. The Balaban J connectivity index is 2.90. The van der Waals surface area contributed by atoms with Crippen molar-refractivity contribution in [1.82, 2.24) is 0 Å². The van der Waals surface area contributed by atoms with E-state index in [4.69, 9.17) is 4.42 Å². The molecule has 0 aliphatic carbocycles. The molecule has 17 heavy (non-hydrogen) atoms. The number of Topliss-reactive ketones (excluding diaryl/α,β-unsaturated/α-hetero) is 1. The normalized spacial score (nSPS) is 10.0. The van der Waals surface area contributed by atoms with Gasteiger partial charge in [-0.2, -0.15) is 0 Å². The minimum Gasteiger partial charge on any atom is -0.507 e. The number of aryl methyl sites for hydroxylation is 1. The fourth-order valence-electron chi connectivity index (χ4n) is 1.30. The van der Waals surface area contributed by atoms with Gasteiger partial charge in [0.2, 0.25) is 0 Å². The minimum atomic E-state index is -0.905. The predicted molar refractivity (Wildman–Crippen MR) is 57.0 cm³/mol. The number of carbonyl (C=O) groups is 2. The van der Waals surface area contributed by atoms with Crippen LogP contribution in [0, 0.1) is 6.92 Å². The first-order valence-corrected chi connectivity index (χ1v) is 4.89. The standard InChI is InChI=1S/C11H12O6/c1-6-5-8(13)10(11(15)17-6)7(12)3-4-9(14)16-2/h5,13H,3-4H2,1-2H3. The summed E-state index contributed by atoms with van der Waals surface area (Å²) in [4.78, 5) is 33.8. The molecule has 0 fully saturated rings. The number of carbonyl (C=O) groups excluding carboxylic acids is 2. The molecule has 1 rings (SSSR count). The molecule has 0 atom stereocenters. The van der Waals surface area contributed by atoms with Crippen LogP contribution in [0.15, 0.2) is 15.3 Å². The molecule has 0 aromatic carbocycles. The summed E-state index contributed by atoms with van der Waals surface area (Å²) in [6, 6.07) is 1.17. The lowest BCUT2D eigenvalue weighted by atomic mass is 10.1. The molecular formula is C11H12O6. The second-order valence-corrected chi connectivity index (χ2v) is 3.40. The zero-order chi connectivity index (χ0) is 13.0. The Morgan fingerprint density at radius 3 is 2.59 bits per heavy atom. The van der Waals surface area contributed by atoms with Crippen LogP contribution in [0.3, 0.4) is 0 Å². The van der Waals surface area contributed by atoms with Crippen LogP contribution in [0.4, 0.5) is 0 Å². The van der Waals surface area contributed by atoms with E-state index in [0.717, 1.165) is 0 Å². The summed E-state index contributed by atoms with van der Waals surface area (Å²) >= 11 is 0. The van der Waals surface area contributed by atoms with E-state index in [1.807, 2.05) is 0 Å². The summed E-state index contributed by atoms with van der Waals surface area (Å²) in [6.45, 7) is 1.48. The molecule has 1 aromatic heterocycles. The highest BCUT2D eigenvalue weighted by atomic mass is 16.5. The van der Waals surface area contributed by atoms with Gasteiger partial charge in [-0.1, -0.05) is 0 Å². The van der Waals surface area contributed by atoms with E-state index in [-0.39, 0.29) is 18.6 Å². The smallest absolute Gasteiger partial charge is 0.350 e. The van der Waals surface area contributed by atoms with Gasteiger partial charge < -0.3 is 14.3 Å². The van der Waals surface area contributed by atoms with Crippen molar-refractivity contribution in [3.05, 3.63) is 27.8 Å². The summed E-state index contributed by atoms with van der Waals surface area (Å²) in [5.41, 5.74) is -1.34. The molecule has 6 heteroatoms. The second-order valence-electron chi connectivity index (χ2n) is 3.40. The summed E-state index contributed by atoms with van der Waals surface area (Å²) in [6.07, 6.45) is -0.365. The van der Waals surface area contributed by atoms with Gasteiger partial charge in [-0.25, -0.2) is 4.79 Å². The van der Waals surface area contributed by atoms with Crippen molar-refractivity contribution in [3.63, 3.8) is 0 Å². The predicted octanol–water partition coefficient (Wildman–Crippen LogP) is 0.790. The summed E-state index contributed by atoms with van der Waals surface area (Å²) in [5, 5.41) is 9.47. The van der Waals surface area contributed by atoms with Crippen LogP contribution in [-0.2, 0) is 9.53 Å². The number of rotatable bonds is 4. The lowest BCUT2D eigenvalue weighted by Gasteiger charge is -2.02. The van der Waals surface area contributed by atoms with Crippen molar-refractivity contribution >= 4 is 11.8 Å². The van der Waals surface area contributed by atoms with Gasteiger partial charge in [0.1, 0.15) is 17.1 Å². The van der Waals surface area contributed by atoms with Crippen LogP contribution in [0.5, 0.6) is 5.75 Å². The SMILES string of the molecule is COC(=O)CCC(=O)c1c(O)cc(C)oc1=O. The highest BCUT2D eigenvalue weighted by molar-refractivity contribution is 5.99. The Kier molecular flexibility index (Phi) is 4.03. The molecule has 1 aromatic rings. The highest BCUT2D eigenvalue weighted by Gasteiger charge is 2.19. The van der Waals surface area contributed by atoms with E-state index >= 15 is 0 Å². The van der Waals surface area contributed by atoms with Crippen molar-refractivity contribution in [2.24, 2.45) is 0 Å². The van der Waals surface area contributed by atoms with Gasteiger partial charge in [-0.3, -0.25) is 9.59 Å². The van der Waals surface area contributed by atoms with Gasteiger partial charge in [0.05, 0.1) is 13.5 Å². The number of hydrogen-bond acceptors (Lipinski definition) is 6. The van der Waals surface area contributed by atoms with E-state index in [9.17, 15) is 19.5 Å². The van der Waals surface area contributed by atoms with Gasteiger partial charge >= 0.3 is 11.6 Å². The first-order valence-electron chi connectivity index (χ1n) is 4.89. The van der Waals surface area contributed by atoms with E-state index < -0.39 is 28.7 Å². The Labute approximate surface area is 96.8 Å². The first-order chi connectivity index (χ1) is 7.95. The highest BCUT2D eigenvalue weighted by Crippen LogP contribution is 2.16. The zero-order valence-electron chi connectivity index (χ0n) is 9.48. The lowest BCUT2D eigenvalue weighted by molar-refractivity contribution is -0.140. The summed E-state index contributed by atoms with van der Waals surface area (Å²) < 4.78 is 9.05. The number of esters is 1. The monoisotopic (exact) mass is 240 g/mol. The minimum absolute atomic E-state index is 0.151. The van der Waals surface area contributed by atoms with Crippen LogP contribution >= 0.6 is 0 Å². The Hall–Kier alpha value is -2.11. The maximum absolute atomic E-state index is 11.6. The van der Waals surface area contributed by atoms with Gasteiger partial charge in [0.25, 0.3) is 0 Å². The Bertz CT molecular complexity index is 499. The topological polar surface area (TPSA) is 93.8 Å². The van der Waals surface area contributed by atoms with Gasteiger partial charge in [0.15, 0.2) is 5.78 Å². The third kappa shape index (κ3) is 3.17. The van der Waals surface area contributed by atoms with Crippen molar-refractivity contribution in [2.45, 2.75) is 19.8 Å². The van der Waals surface area contributed by atoms with Crippen LogP contribution in [0.2, 0.25) is 0 Å². The van der Waals surface area contributed by atoms with Gasteiger partial charge in [0, 0.05) is 12.5 Å². The van der Waals surface area contributed by atoms with E-state index in [0.29, 0.717) is 0 Å². The van der Waals surface area contributed by atoms with Crippen LogP contribution in [0.1, 0.15) is 29.0 Å². The zero-order valence-corrected chi connectivity index (χ0v) is 9.48. The van der Waals surface area contributed by atoms with Crippen molar-refractivity contribution in [1.29, 1.82) is 0 Å². The maximum atomic E-state index is 11.6. The quantitative estimate of drug-likeness (QED) is 0.617. The van der Waals surface area contributed by atoms with Crippen molar-refractivity contribution in [3.8, 4) is 5.75 Å². The molecule has 1 N–H and O–H groups in total. The molecule has 1 heterocycles. The number of hydrogen-bond donors (Lipinski definition) is 1. The number of aromatic hydroxyl groups is 1. The van der Waals surface area contributed by atoms with Crippen LogP contribution in [0.25, 0.3) is 0 Å². The van der Waals surface area contributed by atoms with E-state index in [1.54, 1.807) is 0 Å². The van der Waals surface area contributed by atoms with Gasteiger partial charge in [-0.05, 0) is 6.92 Å². The van der Waals surface area contributed by atoms with Crippen molar-refractivity contribution in [2.75, 3.05) is 7.11 Å². The van der Waals surface area contributed by atoms with Crippen LogP contribution < -0.4 is 5.63 Å². The molecule has 0 aliphatic heterocycles. The fourth-order valence-corrected chi connectivity index (χ4v) is 1.30. The molecule has 0 amide bonds. The molecule has 0 radical (unpaired) electrons. The Morgan fingerprint density at radius 2 is 2.06 bits per heavy atom. The molecule has 0 spiro atoms. The molecule has 0 aliphatic rings. The lowest BCUT2D eigenvalue weighted by Crippen LogP contribution is -2.16. The van der Waals surface area contributed by atoms with Crippen molar-refractivity contribution < 1.29 is 23.8 Å². The molecule has 6 nitrogen and oxygen atoms in total. The van der Waals surface area contributed by atoms with Gasteiger partial charge in [-0.15, -0.1) is 0 Å². The maximum Gasteiger partial charge on any atom is 0.350 e. The summed E-state index contributed by atoms with van der Waals surface area (Å²) in [7, 11) is 1.20. The second kappa shape index (κ2) is 5.29. The van der Waals surface area contributed by atoms with E-state index in [2.05, 4.69) is 4.74 Å². The van der Waals surface area contributed by atoms with Crippen LogP contribution in [-0.4, -0.2) is 24.0 Å². The summed E-state index contributed by atoms with van der Waals surface area (Å²) in [5.74, 6) is -1.44. The molecular weight excluding hydrogens is 228 g/mol. The molecule has 0 saturated carbocycles. The fraction of sp³-hybridized carbons (Fsp3) is 0.364. The average Bonchev–Trinajstić information content (AvgIpc) is 2.24. The number of ether oxygens (including phenoxy) is 1. The molecule has 0 saturated heterocycles. The number of methoxy groups -OCH3 is 1. The molecule has 92 valence electrons. The third-order valence-corrected chi connectivity index (χ3v) is 2.12. The third-order valence-electron chi connectivity index (χ3n) is 2.12. The molecule has 0 unspecified atom stereocenters. The molecule has 0 bridgehead atoms. The largest absolute Gasteiger partial charge is 0.507 e. The van der Waals surface area contributed by atoms with E-state index in [1.165, 1.54) is 20.1 Å². The number of ketones is 1.